The quantitative estimate of drug-likeness (QED) is 0.620. The van der Waals surface area contributed by atoms with Crippen LogP contribution in [0.1, 0.15) is 19.3 Å². The lowest BCUT2D eigenvalue weighted by Crippen LogP contribution is -2.30. The fourth-order valence-electron chi connectivity index (χ4n) is 1.73. The first-order valence-electron chi connectivity index (χ1n) is 4.03. The van der Waals surface area contributed by atoms with E-state index in [9.17, 15) is 5.11 Å². The first kappa shape index (κ1) is 8.97. The molecule has 0 aromatic carbocycles. The molecule has 0 amide bonds. The average Bonchev–Trinajstić information content (AvgIpc) is 2.40. The van der Waals surface area contributed by atoms with Crippen molar-refractivity contribution in [3.63, 3.8) is 0 Å². The Balaban J connectivity index is 2.43. The Morgan fingerprint density at radius 2 is 1.91 bits per heavy atom. The van der Waals surface area contributed by atoms with E-state index in [1.807, 2.05) is 0 Å². The maximum Gasteiger partial charge on any atom is 0.162 e. The van der Waals surface area contributed by atoms with Crippen molar-refractivity contribution in [2.24, 2.45) is 5.92 Å². The smallest absolute Gasteiger partial charge is 0.162 e. The minimum Gasteiger partial charge on any atom is -0.393 e. The number of ether oxygens (including phenoxy) is 2. The van der Waals surface area contributed by atoms with Gasteiger partial charge in [0.25, 0.3) is 0 Å². The Hall–Kier alpha value is -0.120. The van der Waals surface area contributed by atoms with E-state index in [0.29, 0.717) is 0 Å². The topological polar surface area (TPSA) is 38.7 Å². The molecular formula is C8H16O3. The third-order valence-electron chi connectivity index (χ3n) is 2.35. The zero-order chi connectivity index (χ0) is 8.27. The number of aliphatic hydroxyl groups excluding tert-OH is 1. The van der Waals surface area contributed by atoms with E-state index in [0.717, 1.165) is 19.3 Å². The van der Waals surface area contributed by atoms with Crippen LogP contribution in [0.5, 0.6) is 0 Å². The van der Waals surface area contributed by atoms with Gasteiger partial charge < -0.3 is 14.6 Å². The Morgan fingerprint density at radius 3 is 2.27 bits per heavy atom. The van der Waals surface area contributed by atoms with Crippen LogP contribution in [0.3, 0.4) is 0 Å². The van der Waals surface area contributed by atoms with Crippen LogP contribution in [-0.2, 0) is 9.47 Å². The molecule has 1 aliphatic carbocycles. The predicted molar refractivity (Wildman–Crippen MR) is 41.2 cm³/mol. The van der Waals surface area contributed by atoms with Gasteiger partial charge in [0.05, 0.1) is 6.10 Å². The summed E-state index contributed by atoms with van der Waals surface area (Å²) >= 11 is 0. The Bertz CT molecular complexity index is 112. The molecule has 1 fully saturated rings. The van der Waals surface area contributed by atoms with Gasteiger partial charge in [-0.3, -0.25) is 0 Å². The van der Waals surface area contributed by atoms with Crippen molar-refractivity contribution in [1.29, 1.82) is 0 Å². The molecule has 0 heterocycles. The molecule has 1 N–H and O–H groups in total. The summed E-state index contributed by atoms with van der Waals surface area (Å²) in [7, 11) is 3.22. The summed E-state index contributed by atoms with van der Waals surface area (Å²) in [6, 6.07) is 0. The van der Waals surface area contributed by atoms with Crippen LogP contribution in [0.2, 0.25) is 0 Å². The fraction of sp³-hybridized carbons (Fsp3) is 1.00. The third kappa shape index (κ3) is 1.92. The van der Waals surface area contributed by atoms with Gasteiger partial charge in [-0.15, -0.1) is 0 Å². The van der Waals surface area contributed by atoms with Gasteiger partial charge in [-0.2, -0.15) is 0 Å². The highest BCUT2D eigenvalue weighted by atomic mass is 16.7. The molecule has 0 aromatic rings. The van der Waals surface area contributed by atoms with Crippen molar-refractivity contribution < 1.29 is 14.6 Å². The third-order valence-corrected chi connectivity index (χ3v) is 2.35. The van der Waals surface area contributed by atoms with E-state index in [4.69, 9.17) is 9.47 Å². The summed E-state index contributed by atoms with van der Waals surface area (Å²) in [5.74, 6) is 0.171. The summed E-state index contributed by atoms with van der Waals surface area (Å²) in [6.45, 7) is 0. The lowest BCUT2D eigenvalue weighted by molar-refractivity contribution is -0.154. The molecule has 0 bridgehead atoms. The second-order valence-corrected chi connectivity index (χ2v) is 3.00. The van der Waals surface area contributed by atoms with Crippen LogP contribution in [0, 0.1) is 5.92 Å². The van der Waals surface area contributed by atoms with Crippen molar-refractivity contribution in [2.75, 3.05) is 14.2 Å². The van der Waals surface area contributed by atoms with Crippen LogP contribution < -0.4 is 0 Å². The largest absolute Gasteiger partial charge is 0.393 e. The van der Waals surface area contributed by atoms with Crippen molar-refractivity contribution >= 4 is 0 Å². The minimum absolute atomic E-state index is 0.171. The van der Waals surface area contributed by atoms with Gasteiger partial charge >= 0.3 is 0 Å². The Morgan fingerprint density at radius 1 is 1.27 bits per heavy atom. The van der Waals surface area contributed by atoms with E-state index in [2.05, 4.69) is 0 Å². The first-order chi connectivity index (χ1) is 5.29. The predicted octanol–water partition coefficient (Wildman–Crippen LogP) is 0.766. The highest BCUT2D eigenvalue weighted by Crippen LogP contribution is 2.29. The zero-order valence-electron chi connectivity index (χ0n) is 7.12. The normalized spacial score (nSPS) is 31.6. The van der Waals surface area contributed by atoms with Gasteiger partial charge in [-0.05, 0) is 12.8 Å². The molecule has 1 saturated carbocycles. The maximum atomic E-state index is 9.46. The van der Waals surface area contributed by atoms with E-state index in [1.54, 1.807) is 14.2 Å². The van der Waals surface area contributed by atoms with Gasteiger partial charge in [-0.25, -0.2) is 0 Å². The molecular weight excluding hydrogens is 144 g/mol. The lowest BCUT2D eigenvalue weighted by atomic mass is 10.1. The summed E-state index contributed by atoms with van der Waals surface area (Å²) in [6.07, 6.45) is 2.50. The highest BCUT2D eigenvalue weighted by Gasteiger charge is 2.32. The molecule has 2 atom stereocenters. The molecule has 0 aromatic heterocycles. The standard InChI is InChI=1S/C8H16O3/c1-10-8(11-2)6-4-3-5-7(6)9/h6-9H,3-5H2,1-2H3/t6-,7-/m1/s1. The number of hydrogen-bond donors (Lipinski definition) is 1. The van der Waals surface area contributed by atoms with Crippen molar-refractivity contribution in [3.8, 4) is 0 Å². The molecule has 3 nitrogen and oxygen atoms in total. The SMILES string of the molecule is COC(OC)[C@@H]1CCC[C@H]1O. The summed E-state index contributed by atoms with van der Waals surface area (Å²) in [4.78, 5) is 0. The van der Waals surface area contributed by atoms with Crippen LogP contribution in [0.4, 0.5) is 0 Å². The van der Waals surface area contributed by atoms with E-state index < -0.39 is 0 Å². The Kier molecular flexibility index (Phi) is 3.30. The van der Waals surface area contributed by atoms with Crippen LogP contribution >= 0.6 is 0 Å². The first-order valence-corrected chi connectivity index (χ1v) is 4.03. The molecule has 0 saturated heterocycles. The number of hydrogen-bond acceptors (Lipinski definition) is 3. The van der Waals surface area contributed by atoms with E-state index >= 15 is 0 Å². The molecule has 0 unspecified atom stereocenters. The van der Waals surface area contributed by atoms with Crippen LogP contribution in [-0.4, -0.2) is 31.7 Å². The molecule has 1 aliphatic rings. The molecule has 0 radical (unpaired) electrons. The molecule has 1 rings (SSSR count). The Labute approximate surface area is 67.3 Å². The van der Waals surface area contributed by atoms with Gasteiger partial charge in [0.15, 0.2) is 6.29 Å². The minimum atomic E-state index is -0.236. The molecule has 66 valence electrons. The second-order valence-electron chi connectivity index (χ2n) is 3.00. The molecule has 3 heteroatoms. The van der Waals surface area contributed by atoms with Gasteiger partial charge in [-0.1, -0.05) is 6.42 Å². The maximum absolute atomic E-state index is 9.46. The summed E-state index contributed by atoms with van der Waals surface area (Å²) < 4.78 is 10.1. The van der Waals surface area contributed by atoms with E-state index in [-0.39, 0.29) is 18.3 Å². The zero-order valence-corrected chi connectivity index (χ0v) is 7.12. The second kappa shape index (κ2) is 4.04. The monoisotopic (exact) mass is 160 g/mol. The van der Waals surface area contributed by atoms with Gasteiger partial charge in [0.1, 0.15) is 0 Å². The molecule has 0 spiro atoms. The highest BCUT2D eigenvalue weighted by molar-refractivity contribution is 4.78. The van der Waals surface area contributed by atoms with E-state index in [1.165, 1.54) is 0 Å². The number of aliphatic hydroxyl groups is 1. The summed E-state index contributed by atoms with van der Waals surface area (Å²) in [5, 5.41) is 9.46. The van der Waals surface area contributed by atoms with Gasteiger partial charge in [0, 0.05) is 20.1 Å². The van der Waals surface area contributed by atoms with Crippen LogP contribution in [0.25, 0.3) is 0 Å². The van der Waals surface area contributed by atoms with Crippen molar-refractivity contribution in [2.45, 2.75) is 31.7 Å². The number of rotatable bonds is 3. The average molecular weight is 160 g/mol. The van der Waals surface area contributed by atoms with Crippen LogP contribution in [0.15, 0.2) is 0 Å². The molecule has 11 heavy (non-hydrogen) atoms. The van der Waals surface area contributed by atoms with Crippen molar-refractivity contribution in [3.05, 3.63) is 0 Å². The fourth-order valence-corrected chi connectivity index (χ4v) is 1.73. The lowest BCUT2D eigenvalue weighted by Gasteiger charge is -2.22. The molecule has 0 aliphatic heterocycles. The summed E-state index contributed by atoms with van der Waals surface area (Å²) in [5.41, 5.74) is 0. The van der Waals surface area contributed by atoms with Crippen molar-refractivity contribution in [1.82, 2.24) is 0 Å². The van der Waals surface area contributed by atoms with Gasteiger partial charge in [0.2, 0.25) is 0 Å². The number of methoxy groups -OCH3 is 2.